The van der Waals surface area contributed by atoms with Crippen molar-refractivity contribution in [2.75, 3.05) is 11.9 Å². The van der Waals surface area contributed by atoms with E-state index < -0.39 is 12.1 Å². The molecule has 0 aliphatic heterocycles. The number of amides is 1. The Labute approximate surface area is 160 Å². The van der Waals surface area contributed by atoms with E-state index in [1.807, 2.05) is 20.8 Å². The van der Waals surface area contributed by atoms with Gasteiger partial charge in [-0.1, -0.05) is 20.8 Å². The van der Waals surface area contributed by atoms with Gasteiger partial charge in [0.05, 0.1) is 17.9 Å². The molecule has 0 aliphatic carbocycles. The van der Waals surface area contributed by atoms with Crippen molar-refractivity contribution in [2.24, 2.45) is 0 Å². The summed E-state index contributed by atoms with van der Waals surface area (Å²) in [7, 11) is 0. The summed E-state index contributed by atoms with van der Waals surface area (Å²) in [6, 6.07) is 4.05. The van der Waals surface area contributed by atoms with Crippen LogP contribution < -0.4 is 15.6 Å². The van der Waals surface area contributed by atoms with E-state index in [2.05, 4.69) is 9.97 Å². The van der Waals surface area contributed by atoms with Gasteiger partial charge in [-0.15, -0.1) is 0 Å². The first kappa shape index (κ1) is 21.5. The number of carbonyl (C=O) groups is 1. The zero-order valence-corrected chi connectivity index (χ0v) is 15.9. The smallest absolute Gasteiger partial charge is 0.471 e. The van der Waals surface area contributed by atoms with Gasteiger partial charge in [0.15, 0.2) is 0 Å². The highest BCUT2D eigenvalue weighted by Crippen LogP contribution is 2.31. The molecule has 0 atom stereocenters. The Morgan fingerprint density at radius 2 is 1.93 bits per heavy atom. The third kappa shape index (κ3) is 4.90. The molecule has 0 spiro atoms. The summed E-state index contributed by atoms with van der Waals surface area (Å²) < 4.78 is 43.3. The van der Waals surface area contributed by atoms with Crippen LogP contribution in [0.1, 0.15) is 38.4 Å². The van der Waals surface area contributed by atoms with Crippen molar-refractivity contribution in [3.8, 4) is 17.1 Å². The van der Waals surface area contributed by atoms with Crippen LogP contribution in [-0.4, -0.2) is 28.7 Å². The number of aryl methyl sites for hydroxylation is 1. The van der Waals surface area contributed by atoms with E-state index in [1.54, 1.807) is 5.32 Å². The minimum Gasteiger partial charge on any atom is -0.493 e. The van der Waals surface area contributed by atoms with Crippen molar-refractivity contribution in [3.05, 3.63) is 39.8 Å². The van der Waals surface area contributed by atoms with Crippen LogP contribution in [-0.2, 0) is 17.6 Å². The van der Waals surface area contributed by atoms with Crippen LogP contribution in [0.3, 0.4) is 0 Å². The van der Waals surface area contributed by atoms with Crippen molar-refractivity contribution in [3.63, 3.8) is 0 Å². The molecule has 1 amide bonds. The average Bonchev–Trinajstić information content (AvgIpc) is 2.65. The molecule has 2 aromatic rings. The first-order valence-corrected chi connectivity index (χ1v) is 8.98. The summed E-state index contributed by atoms with van der Waals surface area (Å²) in [6.07, 6.45) is -3.27. The second-order valence-electron chi connectivity index (χ2n) is 6.06. The number of aromatic amines is 1. The summed E-state index contributed by atoms with van der Waals surface area (Å²) >= 11 is 0. The standard InChI is InChI=1S/C19H22F3N3O3/c1-4-9-28-15-8-7-11(23-18(27)19(20,21)22)10-13(15)16-24-14(6-3)12(5-2)17(26)25-16/h7-8,10H,4-6,9H2,1-3H3,(H,23,27)(H,24,25,26). The van der Waals surface area contributed by atoms with E-state index in [4.69, 9.17) is 4.74 Å². The molecular formula is C19H22F3N3O3. The molecule has 1 aromatic carbocycles. The number of aromatic nitrogens is 2. The van der Waals surface area contributed by atoms with Crippen molar-refractivity contribution >= 4 is 11.6 Å². The highest BCUT2D eigenvalue weighted by molar-refractivity contribution is 5.95. The van der Waals surface area contributed by atoms with E-state index in [0.717, 1.165) is 0 Å². The largest absolute Gasteiger partial charge is 0.493 e. The second-order valence-corrected chi connectivity index (χ2v) is 6.06. The molecule has 1 heterocycles. The van der Waals surface area contributed by atoms with Gasteiger partial charge in [-0.2, -0.15) is 13.2 Å². The van der Waals surface area contributed by atoms with Crippen molar-refractivity contribution in [1.82, 2.24) is 9.97 Å². The zero-order valence-electron chi connectivity index (χ0n) is 15.9. The molecule has 0 bridgehead atoms. The summed E-state index contributed by atoms with van der Waals surface area (Å²) in [6.45, 7) is 5.98. The Morgan fingerprint density at radius 1 is 1.21 bits per heavy atom. The number of anilines is 1. The molecule has 0 saturated heterocycles. The van der Waals surface area contributed by atoms with Crippen LogP contribution in [0.25, 0.3) is 11.4 Å². The fourth-order valence-electron chi connectivity index (χ4n) is 2.66. The van der Waals surface area contributed by atoms with Gasteiger partial charge in [0.1, 0.15) is 11.6 Å². The number of nitrogens with zero attached hydrogens (tertiary/aromatic N) is 1. The number of nitrogens with one attached hydrogen (secondary N) is 2. The van der Waals surface area contributed by atoms with E-state index in [9.17, 15) is 22.8 Å². The summed E-state index contributed by atoms with van der Waals surface area (Å²) in [5.74, 6) is -1.56. The highest BCUT2D eigenvalue weighted by atomic mass is 19.4. The maximum Gasteiger partial charge on any atom is 0.471 e. The number of hydrogen-bond acceptors (Lipinski definition) is 4. The highest BCUT2D eigenvalue weighted by Gasteiger charge is 2.38. The van der Waals surface area contributed by atoms with E-state index in [1.165, 1.54) is 18.2 Å². The van der Waals surface area contributed by atoms with Gasteiger partial charge in [-0.3, -0.25) is 9.59 Å². The fourth-order valence-corrected chi connectivity index (χ4v) is 2.66. The molecule has 28 heavy (non-hydrogen) atoms. The molecule has 0 saturated carbocycles. The van der Waals surface area contributed by atoms with Gasteiger partial charge in [-0.25, -0.2) is 4.98 Å². The minimum absolute atomic E-state index is 0.0820. The number of rotatable bonds is 7. The van der Waals surface area contributed by atoms with E-state index in [0.29, 0.717) is 48.4 Å². The van der Waals surface area contributed by atoms with Gasteiger partial charge in [0, 0.05) is 11.3 Å². The van der Waals surface area contributed by atoms with Crippen LogP contribution in [0.4, 0.5) is 18.9 Å². The Balaban J connectivity index is 2.56. The number of H-pyrrole nitrogens is 1. The van der Waals surface area contributed by atoms with Gasteiger partial charge < -0.3 is 15.0 Å². The second kappa shape index (κ2) is 8.90. The van der Waals surface area contributed by atoms with Gasteiger partial charge in [0.2, 0.25) is 0 Å². The lowest BCUT2D eigenvalue weighted by Gasteiger charge is -2.15. The minimum atomic E-state index is -5.01. The van der Waals surface area contributed by atoms with Crippen LogP contribution >= 0.6 is 0 Å². The number of alkyl halides is 3. The molecule has 2 N–H and O–H groups in total. The topological polar surface area (TPSA) is 84.1 Å². The lowest BCUT2D eigenvalue weighted by Crippen LogP contribution is -2.29. The molecule has 1 aromatic heterocycles. The summed E-state index contributed by atoms with van der Waals surface area (Å²) in [5, 5.41) is 1.80. The van der Waals surface area contributed by atoms with Crippen LogP contribution in [0.15, 0.2) is 23.0 Å². The predicted molar refractivity (Wildman–Crippen MR) is 99.5 cm³/mol. The molecule has 9 heteroatoms. The SMILES string of the molecule is CCCOc1ccc(NC(=O)C(F)(F)F)cc1-c1nc(CC)c(CC)c(=O)[nH]1. The molecule has 0 radical (unpaired) electrons. The maximum atomic E-state index is 12.5. The van der Waals surface area contributed by atoms with E-state index in [-0.39, 0.29) is 17.1 Å². The number of ether oxygens (including phenoxy) is 1. The average molecular weight is 397 g/mol. The Morgan fingerprint density at radius 3 is 2.50 bits per heavy atom. The van der Waals surface area contributed by atoms with Gasteiger partial charge in [-0.05, 0) is 37.5 Å². The molecule has 0 aliphatic rings. The Bertz CT molecular complexity index is 908. The molecule has 2 rings (SSSR count). The molecule has 0 unspecified atom stereocenters. The maximum absolute atomic E-state index is 12.5. The first-order chi connectivity index (χ1) is 13.2. The summed E-state index contributed by atoms with van der Waals surface area (Å²) in [4.78, 5) is 30.7. The normalized spacial score (nSPS) is 11.4. The third-order valence-corrected chi connectivity index (χ3v) is 4.00. The number of halogens is 3. The molecular weight excluding hydrogens is 375 g/mol. The molecule has 152 valence electrons. The Kier molecular flexibility index (Phi) is 6.82. The lowest BCUT2D eigenvalue weighted by molar-refractivity contribution is -0.167. The lowest BCUT2D eigenvalue weighted by atomic mass is 10.1. The summed E-state index contributed by atoms with van der Waals surface area (Å²) in [5.41, 5.74) is 1.07. The monoisotopic (exact) mass is 397 g/mol. The van der Waals surface area contributed by atoms with Crippen molar-refractivity contribution < 1.29 is 22.7 Å². The predicted octanol–water partition coefficient (Wildman–Crippen LogP) is 3.85. The van der Waals surface area contributed by atoms with Crippen LogP contribution in [0, 0.1) is 0 Å². The number of hydrogen-bond donors (Lipinski definition) is 2. The molecule has 6 nitrogen and oxygen atoms in total. The number of carbonyl (C=O) groups excluding carboxylic acids is 1. The Hall–Kier alpha value is -2.84. The van der Waals surface area contributed by atoms with Crippen LogP contribution in [0.5, 0.6) is 5.75 Å². The first-order valence-electron chi connectivity index (χ1n) is 8.98. The quantitative estimate of drug-likeness (QED) is 0.743. The van der Waals surface area contributed by atoms with Gasteiger partial charge in [0.25, 0.3) is 5.56 Å². The fraction of sp³-hybridized carbons (Fsp3) is 0.421. The zero-order chi connectivity index (χ0) is 20.9. The van der Waals surface area contributed by atoms with Crippen LogP contribution in [0.2, 0.25) is 0 Å². The third-order valence-electron chi connectivity index (χ3n) is 4.00. The van der Waals surface area contributed by atoms with Gasteiger partial charge >= 0.3 is 12.1 Å². The number of benzene rings is 1. The molecule has 0 fully saturated rings. The van der Waals surface area contributed by atoms with E-state index >= 15 is 0 Å². The van der Waals surface area contributed by atoms with Crippen molar-refractivity contribution in [2.45, 2.75) is 46.2 Å². The van der Waals surface area contributed by atoms with Crippen molar-refractivity contribution in [1.29, 1.82) is 0 Å².